The van der Waals surface area contributed by atoms with Crippen LogP contribution in [0.4, 0.5) is 0 Å². The summed E-state index contributed by atoms with van der Waals surface area (Å²) in [7, 11) is 0. The first kappa shape index (κ1) is 10.0. The Kier molecular flexibility index (Phi) is 28.0. The zero-order valence-electron chi connectivity index (χ0n) is 3.32. The summed E-state index contributed by atoms with van der Waals surface area (Å²) in [5.41, 5.74) is 0. The molecule has 36 valence electrons. The third kappa shape index (κ3) is 86.8. The van der Waals surface area contributed by atoms with Gasteiger partial charge in [-0.05, 0) is 8.17 Å². The van der Waals surface area contributed by atoms with Gasteiger partial charge < -0.3 is 0 Å². The van der Waals surface area contributed by atoms with Gasteiger partial charge in [0, 0.05) is 0 Å². The molecule has 0 amide bonds. The monoisotopic (exact) mass is 308 g/mol. The molecule has 0 aliphatic heterocycles. The predicted octanol–water partition coefficient (Wildman–Crippen LogP) is 3.13. The van der Waals surface area contributed by atoms with E-state index in [1.54, 1.807) is 8.17 Å². The number of rotatable bonds is 0. The van der Waals surface area contributed by atoms with E-state index < -0.39 is 0 Å². The summed E-state index contributed by atoms with van der Waals surface area (Å²) in [6.07, 6.45) is 0. The van der Waals surface area contributed by atoms with Gasteiger partial charge in [0.1, 0.15) is 0 Å². The highest BCUT2D eigenvalue weighted by atomic mass is 127. The Morgan fingerprint density at radius 3 is 1.00 bits per heavy atom. The summed E-state index contributed by atoms with van der Waals surface area (Å²) in [4.78, 5) is 0. The summed E-state index contributed by atoms with van der Waals surface area (Å²) >= 11 is 4.10. The molecule has 0 saturated carbocycles. The van der Waals surface area contributed by atoms with E-state index in [1.807, 2.05) is 0 Å². The molecular formula is C4H6I2. The maximum Gasteiger partial charge on any atom is -0.0306 e. The molecule has 0 atom stereocenters. The van der Waals surface area contributed by atoms with E-state index in [9.17, 15) is 0 Å². The minimum absolute atomic E-state index is 1.72. The molecule has 0 nitrogen and oxygen atoms in total. The van der Waals surface area contributed by atoms with Crippen LogP contribution >= 0.6 is 45.2 Å². The standard InChI is InChI=1S/2C2H3I/c2*1-2-3/h2*2H,1H2. The minimum atomic E-state index is 1.72. The Hall–Kier alpha value is 0.940. The molecule has 2 heteroatoms. The third-order valence-electron chi connectivity index (χ3n) is 0. The van der Waals surface area contributed by atoms with Gasteiger partial charge in [0.15, 0.2) is 0 Å². The lowest BCUT2D eigenvalue weighted by atomic mass is 11.3. The van der Waals surface area contributed by atoms with E-state index in [0.717, 1.165) is 0 Å². The van der Waals surface area contributed by atoms with Crippen LogP contribution in [0.25, 0.3) is 0 Å². The highest BCUT2D eigenvalue weighted by Gasteiger charge is 1.18. The SMILES string of the molecule is C=CI.C=CI. The molecule has 0 fully saturated rings. The van der Waals surface area contributed by atoms with Gasteiger partial charge in [-0.15, -0.1) is 0 Å². The molecule has 0 aromatic rings. The van der Waals surface area contributed by atoms with Gasteiger partial charge in [0.25, 0.3) is 0 Å². The molecule has 0 saturated heterocycles. The van der Waals surface area contributed by atoms with E-state index in [4.69, 9.17) is 0 Å². The quantitative estimate of drug-likeness (QED) is 0.603. The van der Waals surface area contributed by atoms with Crippen molar-refractivity contribution in [3.63, 3.8) is 0 Å². The van der Waals surface area contributed by atoms with Crippen LogP contribution in [0.5, 0.6) is 0 Å². The molecular weight excluding hydrogens is 302 g/mol. The van der Waals surface area contributed by atoms with E-state index in [2.05, 4.69) is 58.3 Å². The van der Waals surface area contributed by atoms with Gasteiger partial charge in [-0.1, -0.05) is 58.3 Å². The van der Waals surface area contributed by atoms with Crippen LogP contribution in [0.15, 0.2) is 21.3 Å². The summed E-state index contributed by atoms with van der Waals surface area (Å²) < 4.78 is 3.44. The second-order valence-electron chi connectivity index (χ2n) is 0.309. The minimum Gasteiger partial charge on any atom is -0.0930 e. The topological polar surface area (TPSA) is 0 Å². The van der Waals surface area contributed by atoms with Crippen LogP contribution < -0.4 is 0 Å². The molecule has 0 aliphatic carbocycles. The van der Waals surface area contributed by atoms with Crippen LogP contribution in [0.3, 0.4) is 0 Å². The van der Waals surface area contributed by atoms with E-state index in [-0.39, 0.29) is 0 Å². The van der Waals surface area contributed by atoms with Crippen molar-refractivity contribution >= 4 is 45.2 Å². The Bertz CT molecular complexity index is 26.5. The summed E-state index contributed by atoms with van der Waals surface area (Å²) in [5.74, 6) is 0. The molecule has 0 spiro atoms. The van der Waals surface area contributed by atoms with Crippen molar-refractivity contribution in [1.82, 2.24) is 0 Å². The highest BCUT2D eigenvalue weighted by molar-refractivity contribution is 14.1. The van der Waals surface area contributed by atoms with Crippen molar-refractivity contribution < 1.29 is 0 Å². The zero-order chi connectivity index (χ0) is 5.41. The second-order valence-corrected chi connectivity index (χ2v) is 2.07. The number of hydrogen-bond acceptors (Lipinski definition) is 0. The lowest BCUT2D eigenvalue weighted by molar-refractivity contribution is 2.76. The molecule has 0 unspecified atom stereocenters. The molecule has 0 aromatic heterocycles. The fraction of sp³-hybridized carbons (Fsp3) is 0. The van der Waals surface area contributed by atoms with Gasteiger partial charge in [0.05, 0.1) is 0 Å². The average molecular weight is 308 g/mol. The number of halogens is 2. The average Bonchev–Trinajstić information content (AvgIpc) is 1.39. The van der Waals surface area contributed by atoms with Crippen LogP contribution in [-0.4, -0.2) is 0 Å². The predicted molar refractivity (Wildman–Crippen MR) is 48.4 cm³/mol. The second kappa shape index (κ2) is 16.8. The van der Waals surface area contributed by atoms with Gasteiger partial charge in [0.2, 0.25) is 0 Å². The fourth-order valence-electron chi connectivity index (χ4n) is 0. The van der Waals surface area contributed by atoms with Crippen molar-refractivity contribution in [3.8, 4) is 0 Å². The van der Waals surface area contributed by atoms with Gasteiger partial charge in [-0.3, -0.25) is 0 Å². The maximum atomic E-state index is 3.35. The largest absolute Gasteiger partial charge is 0.0930 e. The van der Waals surface area contributed by atoms with Crippen LogP contribution in [0.1, 0.15) is 0 Å². The molecule has 0 rings (SSSR count). The summed E-state index contributed by atoms with van der Waals surface area (Å²) in [6.45, 7) is 6.70. The maximum absolute atomic E-state index is 3.35. The van der Waals surface area contributed by atoms with Crippen molar-refractivity contribution in [3.05, 3.63) is 21.3 Å². The van der Waals surface area contributed by atoms with Gasteiger partial charge >= 0.3 is 0 Å². The molecule has 6 heavy (non-hydrogen) atoms. The van der Waals surface area contributed by atoms with Crippen molar-refractivity contribution in [2.45, 2.75) is 0 Å². The first-order chi connectivity index (χ1) is 2.83. The molecule has 0 aromatic carbocycles. The molecule has 0 bridgehead atoms. The van der Waals surface area contributed by atoms with Crippen LogP contribution in [0, 0.1) is 0 Å². The summed E-state index contributed by atoms with van der Waals surface area (Å²) in [5, 5.41) is 0. The summed E-state index contributed by atoms with van der Waals surface area (Å²) in [6, 6.07) is 0. The third-order valence-corrected chi connectivity index (χ3v) is 0. The smallest absolute Gasteiger partial charge is 0.0306 e. The Morgan fingerprint density at radius 2 is 1.00 bits per heavy atom. The number of hydrogen-bond donors (Lipinski definition) is 0. The lowest BCUT2D eigenvalue weighted by Crippen LogP contribution is -0.888. The van der Waals surface area contributed by atoms with Crippen molar-refractivity contribution in [1.29, 1.82) is 0 Å². The van der Waals surface area contributed by atoms with E-state index in [1.165, 1.54) is 0 Å². The van der Waals surface area contributed by atoms with Crippen LogP contribution in [-0.2, 0) is 0 Å². The van der Waals surface area contributed by atoms with E-state index >= 15 is 0 Å². The lowest BCUT2D eigenvalue weighted by Gasteiger charge is -1.27. The first-order valence-corrected chi connectivity index (χ1v) is 3.74. The highest BCUT2D eigenvalue weighted by Crippen LogP contribution is 1.71. The first-order valence-electron chi connectivity index (χ1n) is 1.25. The van der Waals surface area contributed by atoms with Crippen LogP contribution in [0.2, 0.25) is 0 Å². The molecule has 0 aliphatic rings. The van der Waals surface area contributed by atoms with Crippen molar-refractivity contribution in [2.24, 2.45) is 0 Å². The Balaban J connectivity index is 0. The molecule has 0 radical (unpaired) electrons. The van der Waals surface area contributed by atoms with Gasteiger partial charge in [-0.25, -0.2) is 0 Å². The van der Waals surface area contributed by atoms with E-state index in [0.29, 0.717) is 0 Å². The molecule has 0 N–H and O–H groups in total. The Labute approximate surface area is 66.0 Å². The van der Waals surface area contributed by atoms with Crippen molar-refractivity contribution in [2.75, 3.05) is 0 Å². The normalized spacial score (nSPS) is 4.33. The van der Waals surface area contributed by atoms with Gasteiger partial charge in [-0.2, -0.15) is 0 Å². The zero-order valence-corrected chi connectivity index (χ0v) is 7.64. The fourth-order valence-corrected chi connectivity index (χ4v) is 0. The molecule has 0 heterocycles. The Morgan fingerprint density at radius 1 is 1.00 bits per heavy atom.